The number of aliphatic imine (C=N–C) groups is 1. The van der Waals surface area contributed by atoms with E-state index in [1.54, 1.807) is 7.11 Å². The van der Waals surface area contributed by atoms with Crippen LogP contribution in [0.2, 0.25) is 0 Å². The molecule has 2 atom stereocenters. The van der Waals surface area contributed by atoms with Crippen molar-refractivity contribution in [1.82, 2.24) is 9.80 Å². The van der Waals surface area contributed by atoms with Gasteiger partial charge in [0.15, 0.2) is 5.96 Å². The summed E-state index contributed by atoms with van der Waals surface area (Å²) in [7, 11) is 1.73. The van der Waals surface area contributed by atoms with Gasteiger partial charge in [-0.3, -0.25) is 4.99 Å². The van der Waals surface area contributed by atoms with Crippen molar-refractivity contribution in [3.63, 3.8) is 0 Å². The van der Waals surface area contributed by atoms with Crippen LogP contribution < -0.4 is 4.74 Å². The Kier molecular flexibility index (Phi) is 5.89. The van der Waals surface area contributed by atoms with Gasteiger partial charge in [-0.05, 0) is 49.8 Å². The lowest BCUT2D eigenvalue weighted by Gasteiger charge is -2.27. The van der Waals surface area contributed by atoms with Crippen molar-refractivity contribution >= 4 is 5.96 Å². The molecule has 148 valence electrons. The van der Waals surface area contributed by atoms with E-state index in [0.29, 0.717) is 12.1 Å². The maximum atomic E-state index is 5.31. The minimum absolute atomic E-state index is 0.547. The second-order valence-corrected chi connectivity index (χ2v) is 8.69. The van der Waals surface area contributed by atoms with Crippen LogP contribution in [0.5, 0.6) is 5.75 Å². The third kappa shape index (κ3) is 4.25. The molecule has 2 aliphatic heterocycles. The number of nitrogens with zero attached hydrogens (tertiary/aromatic N) is 3. The fourth-order valence-electron chi connectivity index (χ4n) is 5.12. The summed E-state index contributed by atoms with van der Waals surface area (Å²) in [6.07, 6.45) is 11.1. The highest BCUT2D eigenvalue weighted by molar-refractivity contribution is 5.84. The van der Waals surface area contributed by atoms with Gasteiger partial charge < -0.3 is 14.5 Å². The number of ether oxygens (including phenoxy) is 1. The molecule has 27 heavy (non-hydrogen) atoms. The molecular weight excluding hydrogens is 334 g/mol. The summed E-state index contributed by atoms with van der Waals surface area (Å²) in [5, 5.41) is 0. The molecule has 0 radical (unpaired) electrons. The second-order valence-electron chi connectivity index (χ2n) is 8.69. The van der Waals surface area contributed by atoms with Crippen LogP contribution in [0.1, 0.15) is 57.4 Å². The average Bonchev–Trinajstić information content (AvgIpc) is 3.23. The number of benzene rings is 1. The van der Waals surface area contributed by atoms with Crippen LogP contribution in [0.15, 0.2) is 29.3 Å². The van der Waals surface area contributed by atoms with E-state index >= 15 is 0 Å². The molecule has 4 heteroatoms. The summed E-state index contributed by atoms with van der Waals surface area (Å²) >= 11 is 0. The monoisotopic (exact) mass is 369 g/mol. The van der Waals surface area contributed by atoms with Gasteiger partial charge in [0.05, 0.1) is 19.7 Å². The quantitative estimate of drug-likeness (QED) is 0.715. The zero-order valence-electron chi connectivity index (χ0n) is 17.1. The first-order chi connectivity index (χ1) is 13.2. The Balaban J connectivity index is 1.38. The molecule has 3 aliphatic rings. The third-order valence-electron chi connectivity index (χ3n) is 6.76. The first kappa shape index (κ1) is 18.6. The molecule has 0 spiro atoms. The molecule has 1 aromatic carbocycles. The van der Waals surface area contributed by atoms with Crippen LogP contribution >= 0.6 is 0 Å². The number of fused-ring (bicyclic) bond motifs is 1. The highest BCUT2D eigenvalue weighted by Gasteiger charge is 2.40. The molecular formula is C23H35N3O. The van der Waals surface area contributed by atoms with Gasteiger partial charge >= 0.3 is 0 Å². The number of rotatable bonds is 7. The van der Waals surface area contributed by atoms with E-state index in [2.05, 4.69) is 41.0 Å². The maximum Gasteiger partial charge on any atom is 0.197 e. The Morgan fingerprint density at radius 3 is 2.63 bits per heavy atom. The van der Waals surface area contributed by atoms with E-state index in [0.717, 1.165) is 31.2 Å². The van der Waals surface area contributed by atoms with Gasteiger partial charge in [-0.25, -0.2) is 0 Å². The van der Waals surface area contributed by atoms with Gasteiger partial charge in [0, 0.05) is 19.1 Å². The van der Waals surface area contributed by atoms with Gasteiger partial charge in [-0.15, -0.1) is 0 Å². The van der Waals surface area contributed by atoms with E-state index in [1.807, 2.05) is 0 Å². The summed E-state index contributed by atoms with van der Waals surface area (Å²) in [6, 6.07) is 9.70. The molecule has 4 rings (SSSR count). The largest absolute Gasteiger partial charge is 0.497 e. The lowest BCUT2D eigenvalue weighted by atomic mass is 9.86. The van der Waals surface area contributed by atoms with Crippen LogP contribution in [0, 0.1) is 5.92 Å². The molecule has 1 aromatic rings. The van der Waals surface area contributed by atoms with Gasteiger partial charge in [0.2, 0.25) is 0 Å². The highest BCUT2D eigenvalue weighted by atomic mass is 16.5. The van der Waals surface area contributed by atoms with Crippen LogP contribution in [0.4, 0.5) is 0 Å². The SMILES string of the molecule is COc1ccc(C[C@H]2CN3C(=NC[C@@H]3C)N2CCCC2CCCCC2)cc1. The Morgan fingerprint density at radius 2 is 1.89 bits per heavy atom. The van der Waals surface area contributed by atoms with Crippen LogP contribution in [-0.2, 0) is 6.42 Å². The predicted molar refractivity (Wildman–Crippen MR) is 111 cm³/mol. The van der Waals surface area contributed by atoms with Crippen molar-refractivity contribution in [3.05, 3.63) is 29.8 Å². The Hall–Kier alpha value is -1.71. The summed E-state index contributed by atoms with van der Waals surface area (Å²) in [5.41, 5.74) is 1.40. The molecule has 1 saturated heterocycles. The Labute approximate surface area is 164 Å². The summed E-state index contributed by atoms with van der Waals surface area (Å²) in [4.78, 5) is 10.1. The van der Waals surface area contributed by atoms with Crippen molar-refractivity contribution in [2.75, 3.05) is 26.7 Å². The number of methoxy groups -OCH3 is 1. The average molecular weight is 370 g/mol. The minimum atomic E-state index is 0.547. The van der Waals surface area contributed by atoms with Crippen LogP contribution in [-0.4, -0.2) is 54.6 Å². The number of guanidine groups is 1. The Bertz CT molecular complexity index is 636. The molecule has 0 N–H and O–H groups in total. The van der Waals surface area contributed by atoms with Gasteiger partial charge in [-0.1, -0.05) is 44.2 Å². The Morgan fingerprint density at radius 1 is 1.11 bits per heavy atom. The molecule has 1 aliphatic carbocycles. The highest BCUT2D eigenvalue weighted by Crippen LogP contribution is 2.30. The van der Waals surface area contributed by atoms with Crippen LogP contribution in [0.3, 0.4) is 0 Å². The number of hydrogen-bond acceptors (Lipinski definition) is 4. The second kappa shape index (κ2) is 8.53. The molecule has 1 saturated carbocycles. The van der Waals surface area contributed by atoms with E-state index in [-0.39, 0.29) is 0 Å². The smallest absolute Gasteiger partial charge is 0.197 e. The first-order valence-corrected chi connectivity index (χ1v) is 11.0. The van der Waals surface area contributed by atoms with E-state index in [4.69, 9.17) is 9.73 Å². The molecule has 4 nitrogen and oxygen atoms in total. The van der Waals surface area contributed by atoms with Crippen molar-refractivity contribution in [3.8, 4) is 5.75 Å². The molecule has 2 heterocycles. The zero-order chi connectivity index (χ0) is 18.6. The minimum Gasteiger partial charge on any atom is -0.497 e. The molecule has 2 fully saturated rings. The molecule has 0 unspecified atom stereocenters. The van der Waals surface area contributed by atoms with Gasteiger partial charge in [0.25, 0.3) is 0 Å². The standard InChI is InChI=1S/C23H35N3O/c1-18-16-24-23-25(14-6-9-19-7-4-3-5-8-19)21(17-26(18)23)15-20-10-12-22(27-2)13-11-20/h10-13,18-19,21H,3-9,14-17H2,1-2H3/t18-,21-/m0/s1. The van der Waals surface area contributed by atoms with Gasteiger partial charge in [0.1, 0.15) is 5.75 Å². The van der Waals surface area contributed by atoms with Crippen molar-refractivity contribution in [2.24, 2.45) is 10.9 Å². The van der Waals surface area contributed by atoms with E-state index < -0.39 is 0 Å². The molecule has 0 amide bonds. The van der Waals surface area contributed by atoms with Crippen LogP contribution in [0.25, 0.3) is 0 Å². The van der Waals surface area contributed by atoms with Crippen molar-refractivity contribution in [1.29, 1.82) is 0 Å². The topological polar surface area (TPSA) is 28.1 Å². The lowest BCUT2D eigenvalue weighted by molar-refractivity contribution is 0.287. The summed E-state index contributed by atoms with van der Waals surface area (Å²) in [6.45, 7) is 5.56. The van der Waals surface area contributed by atoms with E-state index in [1.165, 1.54) is 63.0 Å². The van der Waals surface area contributed by atoms with Gasteiger partial charge in [-0.2, -0.15) is 0 Å². The fraction of sp³-hybridized carbons (Fsp3) is 0.696. The molecule has 0 bridgehead atoms. The maximum absolute atomic E-state index is 5.31. The summed E-state index contributed by atoms with van der Waals surface area (Å²) in [5.74, 6) is 3.18. The fourth-order valence-corrected chi connectivity index (χ4v) is 5.12. The third-order valence-corrected chi connectivity index (χ3v) is 6.76. The lowest BCUT2D eigenvalue weighted by Crippen LogP contribution is -2.37. The molecule has 0 aromatic heterocycles. The van der Waals surface area contributed by atoms with Crippen molar-refractivity contribution < 1.29 is 4.74 Å². The summed E-state index contributed by atoms with van der Waals surface area (Å²) < 4.78 is 5.31. The normalized spacial score (nSPS) is 25.6. The predicted octanol–water partition coefficient (Wildman–Crippen LogP) is 4.34. The zero-order valence-corrected chi connectivity index (χ0v) is 17.1. The first-order valence-electron chi connectivity index (χ1n) is 11.0. The number of hydrogen-bond donors (Lipinski definition) is 0. The van der Waals surface area contributed by atoms with E-state index in [9.17, 15) is 0 Å². The van der Waals surface area contributed by atoms with Crippen molar-refractivity contribution in [2.45, 2.75) is 70.4 Å².